The largest absolute Gasteiger partial charge is 0.497 e. The Bertz CT molecular complexity index is 853. The van der Waals surface area contributed by atoms with E-state index in [0.717, 1.165) is 17.0 Å². The third-order valence-corrected chi connectivity index (χ3v) is 4.72. The molecule has 1 saturated heterocycles. The summed E-state index contributed by atoms with van der Waals surface area (Å²) >= 11 is 0. The predicted octanol–water partition coefficient (Wildman–Crippen LogP) is 1.50. The molecular formula is C19H20N4O3. The highest BCUT2D eigenvalue weighted by Gasteiger charge is 2.41. The van der Waals surface area contributed by atoms with E-state index < -0.39 is 0 Å². The highest BCUT2D eigenvalue weighted by atomic mass is 16.5. The molecule has 26 heavy (non-hydrogen) atoms. The van der Waals surface area contributed by atoms with Gasteiger partial charge in [-0.1, -0.05) is 6.07 Å². The van der Waals surface area contributed by atoms with Gasteiger partial charge in [-0.3, -0.25) is 14.8 Å². The van der Waals surface area contributed by atoms with Crippen molar-refractivity contribution >= 4 is 11.6 Å². The van der Waals surface area contributed by atoms with Crippen molar-refractivity contribution in [2.75, 3.05) is 20.8 Å². The lowest BCUT2D eigenvalue weighted by Crippen LogP contribution is -2.52. The molecule has 0 aliphatic carbocycles. The standard InChI is InChI=1S/C19H20N4O3/c1-25-12-6-7-13(17(9-12)26-2)16-10-18(24)23-19(22-16)14(11-21-23)15-5-3-4-8-20-15/h3-10,14,19,21-22H,11H2,1-2H3. The number of pyridine rings is 1. The van der Waals surface area contributed by atoms with Gasteiger partial charge in [0.1, 0.15) is 17.7 Å². The van der Waals surface area contributed by atoms with Crippen molar-refractivity contribution in [2.24, 2.45) is 0 Å². The molecule has 0 spiro atoms. The van der Waals surface area contributed by atoms with Crippen LogP contribution in [0.15, 0.2) is 48.7 Å². The maximum Gasteiger partial charge on any atom is 0.264 e. The number of hydrogen-bond acceptors (Lipinski definition) is 6. The zero-order chi connectivity index (χ0) is 18.1. The lowest BCUT2D eigenvalue weighted by molar-refractivity contribution is -0.130. The van der Waals surface area contributed by atoms with E-state index in [1.165, 1.54) is 0 Å². The van der Waals surface area contributed by atoms with E-state index in [1.807, 2.05) is 30.3 Å². The molecule has 0 bridgehead atoms. The van der Waals surface area contributed by atoms with E-state index in [9.17, 15) is 4.79 Å². The van der Waals surface area contributed by atoms with E-state index in [1.54, 1.807) is 37.6 Å². The summed E-state index contributed by atoms with van der Waals surface area (Å²) in [5.41, 5.74) is 5.64. The van der Waals surface area contributed by atoms with E-state index in [4.69, 9.17) is 9.47 Å². The second kappa shape index (κ2) is 6.68. The fourth-order valence-corrected chi connectivity index (χ4v) is 3.40. The molecule has 0 radical (unpaired) electrons. The lowest BCUT2D eigenvalue weighted by Gasteiger charge is -2.33. The third-order valence-electron chi connectivity index (χ3n) is 4.72. The number of carbonyl (C=O) groups excluding carboxylic acids is 1. The Hall–Kier alpha value is -3.06. The molecule has 2 N–H and O–H groups in total. The van der Waals surface area contributed by atoms with Crippen molar-refractivity contribution in [3.63, 3.8) is 0 Å². The Morgan fingerprint density at radius 3 is 2.81 bits per heavy atom. The van der Waals surface area contributed by atoms with Crippen molar-refractivity contribution in [3.8, 4) is 11.5 Å². The monoisotopic (exact) mass is 352 g/mol. The summed E-state index contributed by atoms with van der Waals surface area (Å²) in [7, 11) is 3.21. The van der Waals surface area contributed by atoms with Gasteiger partial charge in [0.25, 0.3) is 5.91 Å². The number of carbonyl (C=O) groups is 1. The van der Waals surface area contributed by atoms with Crippen LogP contribution in [0.1, 0.15) is 17.2 Å². The second-order valence-electron chi connectivity index (χ2n) is 6.14. The van der Waals surface area contributed by atoms with Crippen molar-refractivity contribution in [1.29, 1.82) is 0 Å². The summed E-state index contributed by atoms with van der Waals surface area (Å²) in [6, 6.07) is 11.4. The minimum absolute atomic E-state index is 0.0492. The van der Waals surface area contributed by atoms with Crippen LogP contribution in [0.25, 0.3) is 5.70 Å². The Balaban J connectivity index is 1.68. The van der Waals surface area contributed by atoms with Crippen molar-refractivity contribution in [2.45, 2.75) is 12.1 Å². The molecule has 1 fully saturated rings. The molecule has 4 rings (SSSR count). The Morgan fingerprint density at radius 1 is 1.19 bits per heavy atom. The van der Waals surface area contributed by atoms with Crippen LogP contribution in [0.4, 0.5) is 0 Å². The number of fused-ring (bicyclic) bond motifs is 1. The van der Waals surface area contributed by atoms with Gasteiger partial charge in [0.2, 0.25) is 0 Å². The smallest absolute Gasteiger partial charge is 0.264 e. The van der Waals surface area contributed by atoms with Gasteiger partial charge in [-0.2, -0.15) is 0 Å². The Labute approximate surface area is 151 Å². The van der Waals surface area contributed by atoms with Gasteiger partial charge < -0.3 is 14.8 Å². The molecule has 2 aliphatic rings. The number of hydrogen-bond donors (Lipinski definition) is 2. The molecule has 7 heteroatoms. The number of amides is 1. The Morgan fingerprint density at radius 2 is 2.08 bits per heavy atom. The molecule has 2 aliphatic heterocycles. The summed E-state index contributed by atoms with van der Waals surface area (Å²) in [5.74, 6) is 1.29. The minimum atomic E-state index is -0.218. The number of methoxy groups -OCH3 is 2. The topological polar surface area (TPSA) is 75.7 Å². The maximum absolute atomic E-state index is 12.6. The van der Waals surface area contributed by atoms with E-state index >= 15 is 0 Å². The van der Waals surface area contributed by atoms with Crippen molar-refractivity contribution in [3.05, 3.63) is 59.9 Å². The van der Waals surface area contributed by atoms with Crippen LogP contribution in [-0.4, -0.2) is 42.8 Å². The van der Waals surface area contributed by atoms with Gasteiger partial charge in [0.05, 0.1) is 25.8 Å². The first kappa shape index (κ1) is 16.4. The highest BCUT2D eigenvalue weighted by molar-refractivity contribution is 5.97. The van der Waals surface area contributed by atoms with E-state index in [-0.39, 0.29) is 18.0 Å². The number of hydrazine groups is 1. The van der Waals surface area contributed by atoms with Crippen molar-refractivity contribution in [1.82, 2.24) is 20.7 Å². The van der Waals surface area contributed by atoms with Crippen LogP contribution < -0.4 is 20.2 Å². The van der Waals surface area contributed by atoms with Gasteiger partial charge in [-0.25, -0.2) is 5.43 Å². The Kier molecular flexibility index (Phi) is 4.22. The SMILES string of the molecule is COc1ccc(C2=CC(=O)N3NCC(c4ccccn4)C3N2)c(OC)c1. The lowest BCUT2D eigenvalue weighted by atomic mass is 9.99. The molecule has 2 unspecified atom stereocenters. The average molecular weight is 352 g/mol. The minimum Gasteiger partial charge on any atom is -0.497 e. The average Bonchev–Trinajstić information content (AvgIpc) is 3.12. The first-order valence-electron chi connectivity index (χ1n) is 8.39. The molecule has 2 atom stereocenters. The van der Waals surface area contributed by atoms with E-state index in [2.05, 4.69) is 15.7 Å². The predicted molar refractivity (Wildman–Crippen MR) is 96.3 cm³/mol. The van der Waals surface area contributed by atoms with Gasteiger partial charge in [-0.05, 0) is 24.3 Å². The molecule has 0 saturated carbocycles. The van der Waals surface area contributed by atoms with Gasteiger partial charge in [0.15, 0.2) is 0 Å². The zero-order valence-corrected chi connectivity index (χ0v) is 14.6. The second-order valence-corrected chi connectivity index (χ2v) is 6.14. The fraction of sp³-hybridized carbons (Fsp3) is 0.263. The van der Waals surface area contributed by atoms with Crippen LogP contribution in [0.5, 0.6) is 11.5 Å². The molecule has 1 amide bonds. The number of aromatic nitrogens is 1. The normalized spacial score (nSPS) is 21.7. The molecule has 3 heterocycles. The van der Waals surface area contributed by atoms with Gasteiger partial charge in [-0.15, -0.1) is 0 Å². The molecular weight excluding hydrogens is 332 g/mol. The number of ether oxygens (including phenoxy) is 2. The van der Waals surface area contributed by atoms with Crippen LogP contribution in [0.2, 0.25) is 0 Å². The first-order chi connectivity index (χ1) is 12.7. The molecule has 2 aromatic rings. The summed E-state index contributed by atoms with van der Waals surface area (Å²) in [5, 5.41) is 5.09. The van der Waals surface area contributed by atoms with E-state index in [0.29, 0.717) is 18.0 Å². The number of nitrogens with one attached hydrogen (secondary N) is 2. The van der Waals surface area contributed by atoms with Crippen LogP contribution in [-0.2, 0) is 4.79 Å². The summed E-state index contributed by atoms with van der Waals surface area (Å²) in [6.07, 6.45) is 3.13. The van der Waals surface area contributed by atoms with Crippen molar-refractivity contribution < 1.29 is 14.3 Å². The molecule has 7 nitrogen and oxygen atoms in total. The van der Waals surface area contributed by atoms with Crippen LogP contribution >= 0.6 is 0 Å². The van der Waals surface area contributed by atoms with Gasteiger partial charge in [0, 0.05) is 36.1 Å². The zero-order valence-electron chi connectivity index (χ0n) is 14.6. The number of nitrogens with zero attached hydrogens (tertiary/aromatic N) is 2. The maximum atomic E-state index is 12.6. The molecule has 134 valence electrons. The number of rotatable bonds is 4. The van der Waals surface area contributed by atoms with Crippen LogP contribution in [0, 0.1) is 0 Å². The van der Waals surface area contributed by atoms with Crippen LogP contribution in [0.3, 0.4) is 0 Å². The van der Waals surface area contributed by atoms with Gasteiger partial charge >= 0.3 is 0 Å². The molecule has 1 aromatic heterocycles. The highest BCUT2D eigenvalue weighted by Crippen LogP contribution is 2.34. The summed E-state index contributed by atoms with van der Waals surface area (Å²) < 4.78 is 10.7. The fourth-order valence-electron chi connectivity index (χ4n) is 3.40. The molecule has 1 aromatic carbocycles. The summed E-state index contributed by atoms with van der Waals surface area (Å²) in [4.78, 5) is 17.1. The third kappa shape index (κ3) is 2.76. The first-order valence-corrected chi connectivity index (χ1v) is 8.39. The number of benzene rings is 1. The quantitative estimate of drug-likeness (QED) is 0.869. The summed E-state index contributed by atoms with van der Waals surface area (Å²) in [6.45, 7) is 0.640.